The quantitative estimate of drug-likeness (QED) is 0.762. The van der Waals surface area contributed by atoms with Crippen LogP contribution in [0.25, 0.3) is 0 Å². The molecule has 17 heavy (non-hydrogen) atoms. The van der Waals surface area contributed by atoms with Gasteiger partial charge >= 0.3 is 0 Å². The van der Waals surface area contributed by atoms with Gasteiger partial charge in [-0.05, 0) is 38.6 Å². The van der Waals surface area contributed by atoms with E-state index in [4.69, 9.17) is 0 Å². The first kappa shape index (κ1) is 11.9. The molecular formula is C14H26N2O. The molecule has 3 unspecified atom stereocenters. The molecule has 3 atom stereocenters. The maximum Gasteiger partial charge on any atom is 0.0700 e. The molecule has 0 amide bonds. The van der Waals surface area contributed by atoms with Crippen molar-refractivity contribution in [2.75, 3.05) is 26.2 Å². The van der Waals surface area contributed by atoms with Gasteiger partial charge in [0.1, 0.15) is 0 Å². The summed E-state index contributed by atoms with van der Waals surface area (Å²) < 4.78 is 0. The minimum absolute atomic E-state index is 0.308. The Morgan fingerprint density at radius 3 is 2.94 bits per heavy atom. The highest BCUT2D eigenvalue weighted by molar-refractivity contribution is 4.96. The van der Waals surface area contributed by atoms with Crippen LogP contribution in [-0.4, -0.2) is 47.8 Å². The summed E-state index contributed by atoms with van der Waals surface area (Å²) >= 11 is 0. The summed E-state index contributed by atoms with van der Waals surface area (Å²) in [5.74, 6) is 0.548. The molecule has 0 spiro atoms. The van der Waals surface area contributed by atoms with Crippen molar-refractivity contribution in [2.45, 2.75) is 56.6 Å². The van der Waals surface area contributed by atoms with E-state index in [1.807, 2.05) is 0 Å². The largest absolute Gasteiger partial charge is 0.390 e. The van der Waals surface area contributed by atoms with E-state index in [2.05, 4.69) is 10.2 Å². The minimum Gasteiger partial charge on any atom is -0.390 e. The van der Waals surface area contributed by atoms with E-state index in [-0.39, 0.29) is 5.60 Å². The molecule has 2 saturated heterocycles. The monoisotopic (exact) mass is 238 g/mol. The van der Waals surface area contributed by atoms with Crippen molar-refractivity contribution in [3.05, 3.63) is 0 Å². The van der Waals surface area contributed by atoms with Crippen LogP contribution < -0.4 is 5.32 Å². The molecule has 1 aliphatic carbocycles. The molecule has 3 aliphatic rings. The fraction of sp³-hybridized carbons (Fsp3) is 1.00. The molecule has 3 heteroatoms. The van der Waals surface area contributed by atoms with Crippen LogP contribution >= 0.6 is 0 Å². The number of hydrogen-bond donors (Lipinski definition) is 2. The Labute approximate surface area is 105 Å². The molecule has 2 N–H and O–H groups in total. The maximum absolute atomic E-state index is 10.6. The SMILES string of the molecule is OC12CCCCC1CN(CC1CCCN1)CC2. The smallest absolute Gasteiger partial charge is 0.0700 e. The lowest BCUT2D eigenvalue weighted by atomic mass is 9.71. The highest BCUT2D eigenvalue weighted by Crippen LogP contribution is 2.39. The summed E-state index contributed by atoms with van der Waals surface area (Å²) in [6.07, 6.45) is 8.53. The van der Waals surface area contributed by atoms with Gasteiger partial charge in [-0.15, -0.1) is 0 Å². The lowest BCUT2D eigenvalue weighted by Crippen LogP contribution is -2.55. The Balaban J connectivity index is 1.55. The van der Waals surface area contributed by atoms with Crippen LogP contribution in [0.1, 0.15) is 44.9 Å². The molecule has 98 valence electrons. The topological polar surface area (TPSA) is 35.5 Å². The van der Waals surface area contributed by atoms with Crippen molar-refractivity contribution in [1.82, 2.24) is 10.2 Å². The van der Waals surface area contributed by atoms with Crippen molar-refractivity contribution < 1.29 is 5.11 Å². The van der Waals surface area contributed by atoms with Gasteiger partial charge in [-0.1, -0.05) is 12.8 Å². The first-order valence-electron chi connectivity index (χ1n) is 7.44. The highest BCUT2D eigenvalue weighted by Gasteiger charge is 2.42. The van der Waals surface area contributed by atoms with Crippen LogP contribution in [0.15, 0.2) is 0 Å². The number of nitrogens with zero attached hydrogens (tertiary/aromatic N) is 1. The second kappa shape index (κ2) is 4.87. The van der Waals surface area contributed by atoms with Crippen LogP contribution in [0, 0.1) is 5.92 Å². The zero-order valence-electron chi connectivity index (χ0n) is 10.8. The Morgan fingerprint density at radius 1 is 1.18 bits per heavy atom. The van der Waals surface area contributed by atoms with Crippen molar-refractivity contribution in [3.63, 3.8) is 0 Å². The zero-order chi connectivity index (χ0) is 11.7. The van der Waals surface area contributed by atoms with E-state index in [0.717, 1.165) is 25.9 Å². The fourth-order valence-electron chi connectivity index (χ4n) is 4.03. The zero-order valence-corrected chi connectivity index (χ0v) is 10.8. The molecule has 0 aromatic rings. The number of likely N-dealkylation sites (tertiary alicyclic amines) is 1. The summed E-state index contributed by atoms with van der Waals surface area (Å²) in [6.45, 7) is 4.64. The fourth-order valence-corrected chi connectivity index (χ4v) is 4.03. The molecule has 0 aromatic heterocycles. The number of fused-ring (bicyclic) bond motifs is 1. The van der Waals surface area contributed by atoms with E-state index >= 15 is 0 Å². The normalized spacial score (nSPS) is 43.6. The summed E-state index contributed by atoms with van der Waals surface area (Å²) in [5.41, 5.74) is -0.308. The van der Waals surface area contributed by atoms with Crippen LogP contribution in [0.4, 0.5) is 0 Å². The second-order valence-corrected chi connectivity index (χ2v) is 6.35. The first-order chi connectivity index (χ1) is 8.26. The summed E-state index contributed by atoms with van der Waals surface area (Å²) in [7, 11) is 0. The standard InChI is InChI=1S/C14H26N2O/c17-14-6-2-1-4-12(14)10-16(9-7-14)11-13-5-3-8-15-13/h12-13,15,17H,1-11H2. The molecule has 0 bridgehead atoms. The molecule has 3 rings (SSSR count). The van der Waals surface area contributed by atoms with Crippen LogP contribution in [0.5, 0.6) is 0 Å². The molecule has 0 aromatic carbocycles. The van der Waals surface area contributed by atoms with Gasteiger partial charge in [0.05, 0.1) is 5.60 Å². The molecule has 1 saturated carbocycles. The van der Waals surface area contributed by atoms with Gasteiger partial charge in [0.2, 0.25) is 0 Å². The average molecular weight is 238 g/mol. The number of piperidine rings is 1. The Hall–Kier alpha value is -0.120. The van der Waals surface area contributed by atoms with E-state index in [9.17, 15) is 5.11 Å². The number of rotatable bonds is 2. The van der Waals surface area contributed by atoms with Gasteiger partial charge in [0.15, 0.2) is 0 Å². The lowest BCUT2D eigenvalue weighted by molar-refractivity contribution is -0.0960. The number of aliphatic hydroxyl groups is 1. The molecule has 2 aliphatic heterocycles. The highest BCUT2D eigenvalue weighted by atomic mass is 16.3. The Kier molecular flexibility index (Phi) is 3.42. The maximum atomic E-state index is 10.6. The first-order valence-corrected chi connectivity index (χ1v) is 7.44. The third kappa shape index (κ3) is 2.51. The van der Waals surface area contributed by atoms with E-state index in [1.54, 1.807) is 0 Å². The second-order valence-electron chi connectivity index (χ2n) is 6.35. The van der Waals surface area contributed by atoms with Gasteiger partial charge in [-0.25, -0.2) is 0 Å². The molecular weight excluding hydrogens is 212 g/mol. The third-order valence-electron chi connectivity index (χ3n) is 5.15. The van der Waals surface area contributed by atoms with E-state index < -0.39 is 0 Å². The predicted molar refractivity (Wildman–Crippen MR) is 69.0 cm³/mol. The predicted octanol–water partition coefficient (Wildman–Crippen LogP) is 1.37. The van der Waals surface area contributed by atoms with Gasteiger partial charge in [-0.3, -0.25) is 0 Å². The van der Waals surface area contributed by atoms with Crippen LogP contribution in [-0.2, 0) is 0 Å². The number of hydrogen-bond acceptors (Lipinski definition) is 3. The third-order valence-corrected chi connectivity index (χ3v) is 5.15. The van der Waals surface area contributed by atoms with Crippen molar-refractivity contribution >= 4 is 0 Å². The number of nitrogens with one attached hydrogen (secondary N) is 1. The summed E-state index contributed by atoms with van der Waals surface area (Å²) in [5, 5.41) is 14.2. The molecule has 3 fully saturated rings. The summed E-state index contributed by atoms with van der Waals surface area (Å²) in [4.78, 5) is 2.59. The van der Waals surface area contributed by atoms with Gasteiger partial charge in [0, 0.05) is 31.6 Å². The van der Waals surface area contributed by atoms with Gasteiger partial charge < -0.3 is 15.3 Å². The Morgan fingerprint density at radius 2 is 2.12 bits per heavy atom. The van der Waals surface area contributed by atoms with Crippen LogP contribution in [0.2, 0.25) is 0 Å². The van der Waals surface area contributed by atoms with Crippen molar-refractivity contribution in [1.29, 1.82) is 0 Å². The van der Waals surface area contributed by atoms with E-state index in [0.29, 0.717) is 12.0 Å². The lowest BCUT2D eigenvalue weighted by Gasteiger charge is -2.48. The van der Waals surface area contributed by atoms with E-state index in [1.165, 1.54) is 45.2 Å². The Bertz CT molecular complexity index is 265. The van der Waals surface area contributed by atoms with Crippen molar-refractivity contribution in [2.24, 2.45) is 5.92 Å². The van der Waals surface area contributed by atoms with Gasteiger partial charge in [0.25, 0.3) is 0 Å². The van der Waals surface area contributed by atoms with Crippen LogP contribution in [0.3, 0.4) is 0 Å². The molecule has 0 radical (unpaired) electrons. The van der Waals surface area contributed by atoms with Crippen molar-refractivity contribution in [3.8, 4) is 0 Å². The average Bonchev–Trinajstić information content (AvgIpc) is 2.82. The molecule has 2 heterocycles. The minimum atomic E-state index is -0.308. The van der Waals surface area contributed by atoms with Gasteiger partial charge in [-0.2, -0.15) is 0 Å². The summed E-state index contributed by atoms with van der Waals surface area (Å²) in [6, 6.07) is 0.713. The molecule has 3 nitrogen and oxygen atoms in total.